The Hall–Kier alpha value is -1.84. The number of thiazole rings is 1. The fourth-order valence-corrected chi connectivity index (χ4v) is 2.87. The number of benzene rings is 1. The number of carbonyl (C=O) groups is 1. The number of sulfonamides is 1. The summed E-state index contributed by atoms with van der Waals surface area (Å²) in [7, 11) is -3.42. The second-order valence-corrected chi connectivity index (χ2v) is 7.14. The Morgan fingerprint density at radius 1 is 1.43 bits per heavy atom. The number of aromatic nitrogens is 1. The molecular weight excluding hydrogens is 336 g/mol. The molecule has 0 bridgehead atoms. The number of amides is 1. The number of hydrogen-bond acceptors (Lipinski definition) is 6. The van der Waals surface area contributed by atoms with Crippen LogP contribution < -0.4 is 15.8 Å². The Bertz CT molecular complexity index is 789. The first-order valence-electron chi connectivity index (χ1n) is 5.54. The topological polar surface area (TPSA) is 114 Å². The molecule has 0 unspecified atom stereocenters. The van der Waals surface area contributed by atoms with Gasteiger partial charge in [-0.3, -0.25) is 9.52 Å². The predicted molar refractivity (Wildman–Crippen MR) is 84.4 cm³/mol. The molecular formula is C11H11ClN4O3S2. The maximum atomic E-state index is 11.9. The average Bonchev–Trinajstić information content (AvgIpc) is 2.78. The Balaban J connectivity index is 2.15. The zero-order chi connectivity index (χ0) is 15.6. The number of nitrogens with one attached hydrogen (secondary N) is 2. The van der Waals surface area contributed by atoms with Crippen molar-refractivity contribution in [1.82, 2.24) is 4.98 Å². The van der Waals surface area contributed by atoms with Gasteiger partial charge in [-0.2, -0.15) is 0 Å². The summed E-state index contributed by atoms with van der Waals surface area (Å²) in [5.74, 6) is -0.428. The van der Waals surface area contributed by atoms with Gasteiger partial charge in [0.2, 0.25) is 10.0 Å². The fourth-order valence-electron chi connectivity index (χ4n) is 1.46. The maximum absolute atomic E-state index is 11.9. The Morgan fingerprint density at radius 3 is 2.67 bits per heavy atom. The molecule has 0 aliphatic heterocycles. The second-order valence-electron chi connectivity index (χ2n) is 4.09. The minimum Gasteiger partial charge on any atom is -0.375 e. The molecule has 0 saturated carbocycles. The molecule has 2 rings (SSSR count). The normalized spacial score (nSPS) is 11.1. The highest BCUT2D eigenvalue weighted by molar-refractivity contribution is 7.92. The molecule has 4 N–H and O–H groups in total. The first kappa shape index (κ1) is 15.5. The number of nitrogen functional groups attached to an aromatic ring is 1. The molecule has 0 aliphatic carbocycles. The van der Waals surface area contributed by atoms with Gasteiger partial charge in [-0.05, 0) is 18.2 Å². The molecule has 1 amide bonds. The van der Waals surface area contributed by atoms with Crippen LogP contribution in [0.2, 0.25) is 5.02 Å². The van der Waals surface area contributed by atoms with Gasteiger partial charge >= 0.3 is 0 Å². The van der Waals surface area contributed by atoms with Crippen LogP contribution in [0.1, 0.15) is 10.5 Å². The quantitative estimate of drug-likeness (QED) is 0.783. The molecule has 0 aliphatic rings. The van der Waals surface area contributed by atoms with Crippen molar-refractivity contribution < 1.29 is 13.2 Å². The molecule has 7 nitrogen and oxygen atoms in total. The van der Waals surface area contributed by atoms with Crippen LogP contribution in [0, 0.1) is 0 Å². The van der Waals surface area contributed by atoms with Gasteiger partial charge in [0, 0.05) is 11.1 Å². The van der Waals surface area contributed by atoms with Gasteiger partial charge in [0.05, 0.1) is 17.0 Å². The van der Waals surface area contributed by atoms with E-state index in [-0.39, 0.29) is 16.4 Å². The molecule has 0 radical (unpaired) electrons. The van der Waals surface area contributed by atoms with E-state index in [4.69, 9.17) is 17.3 Å². The Morgan fingerprint density at radius 2 is 2.14 bits per heavy atom. The van der Waals surface area contributed by atoms with Crippen molar-refractivity contribution in [3.8, 4) is 0 Å². The number of nitrogens with two attached hydrogens (primary N) is 1. The van der Waals surface area contributed by atoms with Crippen molar-refractivity contribution in [1.29, 1.82) is 0 Å². The van der Waals surface area contributed by atoms with E-state index in [0.29, 0.717) is 10.8 Å². The summed E-state index contributed by atoms with van der Waals surface area (Å²) in [5.41, 5.74) is 6.30. The van der Waals surface area contributed by atoms with Crippen molar-refractivity contribution in [3.63, 3.8) is 0 Å². The maximum Gasteiger partial charge on any atom is 0.275 e. The van der Waals surface area contributed by atoms with E-state index in [2.05, 4.69) is 15.0 Å². The minimum absolute atomic E-state index is 0.163. The summed E-state index contributed by atoms with van der Waals surface area (Å²) >= 11 is 7.12. The summed E-state index contributed by atoms with van der Waals surface area (Å²) in [6.07, 6.45) is 1.02. The van der Waals surface area contributed by atoms with Crippen LogP contribution in [0.15, 0.2) is 23.6 Å². The lowest BCUT2D eigenvalue weighted by Gasteiger charge is -2.09. The largest absolute Gasteiger partial charge is 0.375 e. The lowest BCUT2D eigenvalue weighted by atomic mass is 10.3. The molecule has 1 aromatic carbocycles. The number of rotatable bonds is 4. The van der Waals surface area contributed by atoms with E-state index < -0.39 is 15.9 Å². The first-order chi connectivity index (χ1) is 9.74. The lowest BCUT2D eigenvalue weighted by Crippen LogP contribution is -2.13. The highest BCUT2D eigenvalue weighted by Crippen LogP contribution is 2.26. The highest BCUT2D eigenvalue weighted by atomic mass is 35.5. The van der Waals surface area contributed by atoms with E-state index in [0.717, 1.165) is 17.6 Å². The van der Waals surface area contributed by atoms with Gasteiger partial charge in [0.1, 0.15) is 5.69 Å². The molecule has 2 aromatic rings. The summed E-state index contributed by atoms with van der Waals surface area (Å²) in [5, 5.41) is 4.58. The lowest BCUT2D eigenvalue weighted by molar-refractivity contribution is 0.102. The average molecular weight is 347 g/mol. The number of hydrogen-bond donors (Lipinski definition) is 3. The van der Waals surface area contributed by atoms with E-state index in [9.17, 15) is 13.2 Å². The summed E-state index contributed by atoms with van der Waals surface area (Å²) in [4.78, 5) is 15.7. The molecule has 1 heterocycles. The first-order valence-corrected chi connectivity index (χ1v) is 8.69. The SMILES string of the molecule is CS(=O)(=O)Nc1ccc(NC(=O)c2csc(N)n2)cc1Cl. The number of nitrogens with zero attached hydrogens (tertiary/aromatic N) is 1. The molecule has 112 valence electrons. The van der Waals surface area contributed by atoms with Crippen molar-refractivity contribution >= 4 is 55.4 Å². The van der Waals surface area contributed by atoms with Crippen LogP contribution in [-0.2, 0) is 10.0 Å². The van der Waals surface area contributed by atoms with E-state index in [1.165, 1.54) is 23.6 Å². The number of anilines is 3. The molecule has 1 aromatic heterocycles. The zero-order valence-electron chi connectivity index (χ0n) is 10.8. The molecule has 21 heavy (non-hydrogen) atoms. The third-order valence-corrected chi connectivity index (χ3v) is 3.85. The Labute approximate surface area is 130 Å². The summed E-state index contributed by atoms with van der Waals surface area (Å²) in [6, 6.07) is 4.41. The molecule has 0 atom stereocenters. The van der Waals surface area contributed by atoms with Crippen LogP contribution >= 0.6 is 22.9 Å². The van der Waals surface area contributed by atoms with Gasteiger partial charge in [-0.1, -0.05) is 11.6 Å². The molecule has 0 saturated heterocycles. The third-order valence-electron chi connectivity index (χ3n) is 2.28. The van der Waals surface area contributed by atoms with E-state index in [1.54, 1.807) is 0 Å². The van der Waals surface area contributed by atoms with Crippen LogP contribution in [0.5, 0.6) is 0 Å². The van der Waals surface area contributed by atoms with Crippen LogP contribution in [0.25, 0.3) is 0 Å². The standard InChI is InChI=1S/C11H11ClN4O3S2/c1-21(18,19)16-8-3-2-6(4-7(8)12)14-10(17)9-5-20-11(13)15-9/h2-5,16H,1H3,(H2,13,15)(H,14,17). The molecule has 10 heteroatoms. The van der Waals surface area contributed by atoms with Gasteiger partial charge in [0.15, 0.2) is 5.13 Å². The van der Waals surface area contributed by atoms with Gasteiger partial charge in [0.25, 0.3) is 5.91 Å². The van der Waals surface area contributed by atoms with Gasteiger partial charge < -0.3 is 11.1 Å². The summed E-state index contributed by atoms with van der Waals surface area (Å²) < 4.78 is 24.6. The predicted octanol–water partition coefficient (Wildman–Crippen LogP) is 2.00. The van der Waals surface area contributed by atoms with Crippen LogP contribution in [0.4, 0.5) is 16.5 Å². The number of carbonyl (C=O) groups excluding carboxylic acids is 1. The molecule has 0 fully saturated rings. The van der Waals surface area contributed by atoms with Crippen LogP contribution in [-0.4, -0.2) is 25.6 Å². The van der Waals surface area contributed by atoms with Crippen molar-refractivity contribution in [2.75, 3.05) is 22.0 Å². The van der Waals surface area contributed by atoms with Crippen molar-refractivity contribution in [3.05, 3.63) is 34.3 Å². The van der Waals surface area contributed by atoms with Gasteiger partial charge in [-0.15, -0.1) is 11.3 Å². The van der Waals surface area contributed by atoms with Crippen molar-refractivity contribution in [2.45, 2.75) is 0 Å². The van der Waals surface area contributed by atoms with E-state index in [1.807, 2.05) is 0 Å². The highest BCUT2D eigenvalue weighted by Gasteiger charge is 2.12. The molecule has 0 spiro atoms. The fraction of sp³-hybridized carbons (Fsp3) is 0.0909. The Kier molecular flexibility index (Phi) is 4.35. The van der Waals surface area contributed by atoms with Crippen LogP contribution in [0.3, 0.4) is 0 Å². The summed E-state index contributed by atoms with van der Waals surface area (Å²) in [6.45, 7) is 0. The van der Waals surface area contributed by atoms with E-state index >= 15 is 0 Å². The van der Waals surface area contributed by atoms with Crippen molar-refractivity contribution in [2.24, 2.45) is 0 Å². The monoisotopic (exact) mass is 346 g/mol. The van der Waals surface area contributed by atoms with Gasteiger partial charge in [-0.25, -0.2) is 13.4 Å². The minimum atomic E-state index is -3.42. The zero-order valence-corrected chi connectivity index (χ0v) is 13.1. The number of halogens is 1. The second kappa shape index (κ2) is 5.88. The smallest absolute Gasteiger partial charge is 0.275 e. The third kappa shape index (κ3) is 4.31.